The Labute approximate surface area is 101 Å². The summed E-state index contributed by atoms with van der Waals surface area (Å²) in [5, 5.41) is 2.93. The van der Waals surface area contributed by atoms with Gasteiger partial charge < -0.3 is 11.1 Å². The van der Waals surface area contributed by atoms with Crippen LogP contribution < -0.4 is 11.1 Å². The van der Waals surface area contributed by atoms with Crippen LogP contribution in [0.1, 0.15) is 44.0 Å². The molecule has 1 aromatic carbocycles. The molecular weight excluding hydrogens is 219 g/mol. The van der Waals surface area contributed by atoms with Crippen LogP contribution in [-0.4, -0.2) is 11.4 Å². The maximum absolute atomic E-state index is 12.9. The largest absolute Gasteiger partial charge is 0.398 e. The van der Waals surface area contributed by atoms with Gasteiger partial charge in [0.15, 0.2) is 0 Å². The van der Waals surface area contributed by atoms with Crippen LogP contribution in [0.15, 0.2) is 18.2 Å². The highest BCUT2D eigenvalue weighted by atomic mass is 19.1. The van der Waals surface area contributed by atoms with Crippen molar-refractivity contribution in [3.8, 4) is 0 Å². The monoisotopic (exact) mass is 238 g/mol. The van der Waals surface area contributed by atoms with E-state index in [1.807, 2.05) is 20.8 Å². The summed E-state index contributed by atoms with van der Waals surface area (Å²) in [6, 6.07) is 3.80. The van der Waals surface area contributed by atoms with Gasteiger partial charge in [-0.15, -0.1) is 0 Å². The molecule has 0 bridgehead atoms. The third kappa shape index (κ3) is 3.19. The molecule has 1 amide bonds. The maximum atomic E-state index is 12.9. The number of nitrogens with two attached hydrogens (primary N) is 1. The predicted octanol–water partition coefficient (Wildman–Crippen LogP) is 2.72. The van der Waals surface area contributed by atoms with Crippen molar-refractivity contribution in [2.24, 2.45) is 0 Å². The fourth-order valence-electron chi connectivity index (χ4n) is 1.51. The number of hydrogen-bond donors (Lipinski definition) is 2. The Morgan fingerprint density at radius 2 is 2.00 bits per heavy atom. The third-order valence-corrected chi connectivity index (χ3v) is 3.23. The van der Waals surface area contributed by atoms with Gasteiger partial charge in [-0.1, -0.05) is 13.8 Å². The zero-order valence-electron chi connectivity index (χ0n) is 10.5. The molecule has 0 unspecified atom stereocenters. The third-order valence-electron chi connectivity index (χ3n) is 3.23. The summed E-state index contributed by atoms with van der Waals surface area (Å²) in [5.41, 5.74) is 5.85. The second-order valence-corrected chi connectivity index (χ2v) is 4.45. The van der Waals surface area contributed by atoms with Crippen molar-refractivity contribution in [3.63, 3.8) is 0 Å². The summed E-state index contributed by atoms with van der Waals surface area (Å²) >= 11 is 0. The molecule has 1 aromatic rings. The highest BCUT2D eigenvalue weighted by Gasteiger charge is 2.23. The molecule has 17 heavy (non-hydrogen) atoms. The molecule has 4 heteroatoms. The molecular formula is C13H19FN2O. The van der Waals surface area contributed by atoms with Crippen LogP contribution in [0.4, 0.5) is 10.1 Å². The highest BCUT2D eigenvalue weighted by Crippen LogP contribution is 2.18. The molecule has 0 saturated heterocycles. The van der Waals surface area contributed by atoms with Crippen molar-refractivity contribution in [2.75, 3.05) is 5.73 Å². The number of halogens is 1. The second kappa shape index (κ2) is 5.17. The number of nitrogen functional groups attached to an aromatic ring is 1. The summed E-state index contributed by atoms with van der Waals surface area (Å²) in [6.07, 6.45) is 1.66. The van der Waals surface area contributed by atoms with Crippen molar-refractivity contribution in [3.05, 3.63) is 29.6 Å². The van der Waals surface area contributed by atoms with Gasteiger partial charge in [0, 0.05) is 11.2 Å². The Morgan fingerprint density at radius 3 is 2.47 bits per heavy atom. The fourth-order valence-corrected chi connectivity index (χ4v) is 1.51. The topological polar surface area (TPSA) is 55.1 Å². The van der Waals surface area contributed by atoms with E-state index in [0.29, 0.717) is 5.56 Å². The van der Waals surface area contributed by atoms with E-state index >= 15 is 0 Å². The molecule has 0 aromatic heterocycles. The molecule has 94 valence electrons. The van der Waals surface area contributed by atoms with Crippen LogP contribution in [0, 0.1) is 5.82 Å². The number of anilines is 1. The Morgan fingerprint density at radius 1 is 1.41 bits per heavy atom. The van der Waals surface area contributed by atoms with E-state index in [2.05, 4.69) is 5.32 Å². The van der Waals surface area contributed by atoms with Crippen molar-refractivity contribution in [2.45, 2.75) is 39.2 Å². The number of hydrogen-bond acceptors (Lipinski definition) is 2. The first kappa shape index (κ1) is 13.5. The van der Waals surface area contributed by atoms with Crippen LogP contribution >= 0.6 is 0 Å². The summed E-state index contributed by atoms with van der Waals surface area (Å²) in [7, 11) is 0. The Bertz CT molecular complexity index is 414. The Hall–Kier alpha value is -1.58. The molecule has 0 heterocycles. The normalized spacial score (nSPS) is 11.3. The van der Waals surface area contributed by atoms with Gasteiger partial charge in [-0.2, -0.15) is 0 Å². The first-order valence-corrected chi connectivity index (χ1v) is 5.79. The van der Waals surface area contributed by atoms with Gasteiger partial charge in [0.05, 0.1) is 5.56 Å². The second-order valence-electron chi connectivity index (χ2n) is 4.45. The van der Waals surface area contributed by atoms with E-state index in [9.17, 15) is 9.18 Å². The lowest BCUT2D eigenvalue weighted by atomic mass is 9.95. The van der Waals surface area contributed by atoms with Crippen LogP contribution in [0.5, 0.6) is 0 Å². The first-order valence-electron chi connectivity index (χ1n) is 5.79. The molecule has 3 nitrogen and oxygen atoms in total. The Balaban J connectivity index is 2.90. The van der Waals surface area contributed by atoms with Crippen LogP contribution in [0.3, 0.4) is 0 Å². The van der Waals surface area contributed by atoms with Crippen molar-refractivity contribution < 1.29 is 9.18 Å². The van der Waals surface area contributed by atoms with E-state index in [1.165, 1.54) is 12.1 Å². The minimum Gasteiger partial charge on any atom is -0.398 e. The SMILES string of the molecule is CCC(C)(CC)NC(=O)c1ccc(F)cc1N. The lowest BCUT2D eigenvalue weighted by Gasteiger charge is -2.28. The van der Waals surface area contributed by atoms with Crippen LogP contribution in [0.25, 0.3) is 0 Å². The van der Waals surface area contributed by atoms with Crippen LogP contribution in [0.2, 0.25) is 0 Å². The summed E-state index contributed by atoms with van der Waals surface area (Å²) in [5.74, 6) is -0.693. The van der Waals surface area contributed by atoms with Gasteiger partial charge in [-0.05, 0) is 38.0 Å². The number of rotatable bonds is 4. The zero-order chi connectivity index (χ0) is 13.1. The quantitative estimate of drug-likeness (QED) is 0.792. The van der Waals surface area contributed by atoms with Gasteiger partial charge in [0.25, 0.3) is 5.91 Å². The van der Waals surface area contributed by atoms with Gasteiger partial charge in [0.2, 0.25) is 0 Å². The van der Waals surface area contributed by atoms with E-state index in [4.69, 9.17) is 5.73 Å². The minimum atomic E-state index is -0.437. The molecule has 0 fully saturated rings. The number of amides is 1. The number of benzene rings is 1. The van der Waals surface area contributed by atoms with Gasteiger partial charge in [0.1, 0.15) is 5.82 Å². The van der Waals surface area contributed by atoms with Gasteiger partial charge >= 0.3 is 0 Å². The maximum Gasteiger partial charge on any atom is 0.253 e. The summed E-state index contributed by atoms with van der Waals surface area (Å²) in [6.45, 7) is 6.00. The predicted molar refractivity (Wildman–Crippen MR) is 67.3 cm³/mol. The lowest BCUT2D eigenvalue weighted by Crippen LogP contribution is -2.45. The fraction of sp³-hybridized carbons (Fsp3) is 0.462. The molecule has 0 radical (unpaired) electrons. The average molecular weight is 238 g/mol. The first-order chi connectivity index (χ1) is 7.91. The zero-order valence-corrected chi connectivity index (χ0v) is 10.5. The molecule has 0 aliphatic heterocycles. The summed E-state index contributed by atoms with van der Waals surface area (Å²) < 4.78 is 12.9. The van der Waals surface area contributed by atoms with Crippen molar-refractivity contribution in [1.29, 1.82) is 0 Å². The van der Waals surface area contributed by atoms with Crippen LogP contribution in [-0.2, 0) is 0 Å². The smallest absolute Gasteiger partial charge is 0.253 e. The summed E-state index contributed by atoms with van der Waals surface area (Å²) in [4.78, 5) is 12.0. The number of carbonyl (C=O) groups excluding carboxylic acids is 1. The molecule has 3 N–H and O–H groups in total. The number of carbonyl (C=O) groups is 1. The molecule has 0 aliphatic carbocycles. The van der Waals surface area contributed by atoms with Gasteiger partial charge in [-0.25, -0.2) is 4.39 Å². The minimum absolute atomic E-state index is 0.164. The highest BCUT2D eigenvalue weighted by molar-refractivity contribution is 5.99. The van der Waals surface area contributed by atoms with E-state index in [-0.39, 0.29) is 17.1 Å². The standard InChI is InChI=1S/C13H19FN2O/c1-4-13(3,5-2)16-12(17)10-7-6-9(14)8-11(10)15/h6-8H,4-5,15H2,1-3H3,(H,16,17). The molecule has 0 saturated carbocycles. The van der Waals surface area contributed by atoms with E-state index in [1.54, 1.807) is 0 Å². The Kier molecular flexibility index (Phi) is 4.10. The van der Waals surface area contributed by atoms with Gasteiger partial charge in [-0.3, -0.25) is 4.79 Å². The number of nitrogens with one attached hydrogen (secondary N) is 1. The van der Waals surface area contributed by atoms with Crippen molar-refractivity contribution in [1.82, 2.24) is 5.32 Å². The molecule has 0 aliphatic rings. The average Bonchev–Trinajstić information content (AvgIpc) is 2.28. The van der Waals surface area contributed by atoms with Crippen molar-refractivity contribution >= 4 is 11.6 Å². The van der Waals surface area contributed by atoms with E-state index < -0.39 is 5.82 Å². The molecule has 0 spiro atoms. The van der Waals surface area contributed by atoms with E-state index in [0.717, 1.165) is 18.9 Å². The molecule has 1 rings (SSSR count). The lowest BCUT2D eigenvalue weighted by molar-refractivity contribution is 0.0902. The molecule has 0 atom stereocenters.